The summed E-state index contributed by atoms with van der Waals surface area (Å²) in [5.41, 5.74) is 5.13. The van der Waals surface area contributed by atoms with Crippen molar-refractivity contribution in [3.63, 3.8) is 0 Å². The van der Waals surface area contributed by atoms with Gasteiger partial charge in [0.1, 0.15) is 18.3 Å². The van der Waals surface area contributed by atoms with Gasteiger partial charge < -0.3 is 9.84 Å². The molecule has 166 valence electrons. The van der Waals surface area contributed by atoms with E-state index in [1.807, 2.05) is 85.8 Å². The van der Waals surface area contributed by atoms with Crippen molar-refractivity contribution >= 4 is 23.3 Å². The molecule has 1 aromatic heterocycles. The predicted molar refractivity (Wildman–Crippen MR) is 131 cm³/mol. The maximum absolute atomic E-state index is 12.3. The summed E-state index contributed by atoms with van der Waals surface area (Å²) in [5.74, 6) is -1.37. The molecule has 0 radical (unpaired) electrons. The van der Waals surface area contributed by atoms with Gasteiger partial charge in [-0.3, -0.25) is 14.8 Å². The maximum atomic E-state index is 12.3. The summed E-state index contributed by atoms with van der Waals surface area (Å²) in [6.45, 7) is 4.12. The molecule has 2 aromatic carbocycles. The smallest absolute Gasteiger partial charge is 0.313 e. The number of carbonyl (C=O) groups is 1. The number of nitrogens with zero attached hydrogens (tertiary/aromatic N) is 2. The summed E-state index contributed by atoms with van der Waals surface area (Å²) < 4.78 is 5.96. The molecule has 0 saturated heterocycles. The Balaban J connectivity index is 1.64. The fraction of sp³-hybridized carbons (Fsp3) is 0.179. The zero-order valence-electron chi connectivity index (χ0n) is 18.7. The zero-order chi connectivity index (χ0) is 23.2. The summed E-state index contributed by atoms with van der Waals surface area (Å²) in [6.07, 6.45) is 7.44. The van der Waals surface area contributed by atoms with Crippen LogP contribution in [0.3, 0.4) is 0 Å². The van der Waals surface area contributed by atoms with Crippen LogP contribution in [0.1, 0.15) is 36.5 Å². The van der Waals surface area contributed by atoms with Crippen molar-refractivity contribution in [1.82, 2.24) is 4.98 Å². The summed E-state index contributed by atoms with van der Waals surface area (Å²) in [6, 6.07) is 21.5. The van der Waals surface area contributed by atoms with Gasteiger partial charge in [0.2, 0.25) is 0 Å². The number of pyridine rings is 1. The molecule has 0 aliphatic carbocycles. The van der Waals surface area contributed by atoms with E-state index in [2.05, 4.69) is 9.98 Å². The Morgan fingerprint density at radius 2 is 1.88 bits per heavy atom. The van der Waals surface area contributed by atoms with Gasteiger partial charge in [-0.15, -0.1) is 0 Å². The number of allylic oxidation sites excluding steroid dienone is 2. The third-order valence-electron chi connectivity index (χ3n) is 5.74. The standard InChI is InChI=1S/C28H26N2O3/c1-19-25(23-13-7-15-29-18-23)27(26(28(31)32)20(2)30-19)22-12-6-14-24(17-22)33-16-8-11-21-9-4-3-5-10-21/h3-15,17-18,26-27H,16H2,1-2H3,(H,31,32). The van der Waals surface area contributed by atoms with E-state index >= 15 is 0 Å². The van der Waals surface area contributed by atoms with Crippen LogP contribution in [0.5, 0.6) is 5.75 Å². The van der Waals surface area contributed by atoms with Gasteiger partial charge in [-0.2, -0.15) is 0 Å². The highest BCUT2D eigenvalue weighted by Gasteiger charge is 2.39. The van der Waals surface area contributed by atoms with Crippen LogP contribution in [0.4, 0.5) is 0 Å². The molecule has 2 unspecified atom stereocenters. The average Bonchev–Trinajstić information content (AvgIpc) is 2.82. The number of ether oxygens (including phenoxy) is 1. The van der Waals surface area contributed by atoms with Gasteiger partial charge in [0.25, 0.3) is 0 Å². The normalized spacial score (nSPS) is 18.3. The molecule has 5 heteroatoms. The number of carboxylic acids is 1. The lowest BCUT2D eigenvalue weighted by molar-refractivity contribution is -0.139. The summed E-state index contributed by atoms with van der Waals surface area (Å²) in [5, 5.41) is 10.1. The quantitative estimate of drug-likeness (QED) is 0.501. The summed E-state index contributed by atoms with van der Waals surface area (Å²) in [4.78, 5) is 21.1. The van der Waals surface area contributed by atoms with Gasteiger partial charge in [0.05, 0.1) is 0 Å². The highest BCUT2D eigenvalue weighted by molar-refractivity contribution is 6.06. The number of benzene rings is 2. The van der Waals surface area contributed by atoms with Crippen LogP contribution in [0.2, 0.25) is 0 Å². The Labute approximate surface area is 193 Å². The van der Waals surface area contributed by atoms with E-state index in [1.165, 1.54) is 0 Å². The SMILES string of the molecule is CC1=NC(C)=C(c2cccnc2)C(c2cccc(OCC=Cc3ccccc3)c2)C1C(=O)O. The third-order valence-corrected chi connectivity index (χ3v) is 5.74. The minimum Gasteiger partial charge on any atom is -0.490 e. The lowest BCUT2D eigenvalue weighted by atomic mass is 9.74. The Kier molecular flexibility index (Phi) is 6.79. The fourth-order valence-corrected chi connectivity index (χ4v) is 4.31. The molecule has 3 aromatic rings. The Morgan fingerprint density at radius 3 is 2.61 bits per heavy atom. The van der Waals surface area contributed by atoms with Crippen molar-refractivity contribution < 1.29 is 14.6 Å². The van der Waals surface area contributed by atoms with Gasteiger partial charge in [0, 0.05) is 29.7 Å². The molecule has 5 nitrogen and oxygen atoms in total. The van der Waals surface area contributed by atoms with Gasteiger partial charge in [0.15, 0.2) is 0 Å². The van der Waals surface area contributed by atoms with Gasteiger partial charge in [-0.1, -0.05) is 54.6 Å². The molecular formula is C28H26N2O3. The van der Waals surface area contributed by atoms with Crippen LogP contribution >= 0.6 is 0 Å². The van der Waals surface area contributed by atoms with Crippen LogP contribution in [-0.4, -0.2) is 28.4 Å². The summed E-state index contributed by atoms with van der Waals surface area (Å²) >= 11 is 0. The van der Waals surface area contributed by atoms with Crippen LogP contribution in [0, 0.1) is 5.92 Å². The number of aliphatic imine (C=N–C) groups is 1. The van der Waals surface area contributed by atoms with E-state index in [0.717, 1.165) is 28.0 Å². The Morgan fingerprint density at radius 1 is 1.06 bits per heavy atom. The molecule has 1 aliphatic heterocycles. The Bertz CT molecular complexity index is 1210. The number of hydrogen-bond donors (Lipinski definition) is 1. The lowest BCUT2D eigenvalue weighted by Crippen LogP contribution is -2.32. The number of hydrogen-bond acceptors (Lipinski definition) is 4. The molecule has 4 rings (SSSR count). The summed E-state index contributed by atoms with van der Waals surface area (Å²) in [7, 11) is 0. The molecule has 2 heterocycles. The van der Waals surface area contributed by atoms with E-state index in [1.54, 1.807) is 19.3 Å². The first-order valence-electron chi connectivity index (χ1n) is 10.9. The monoisotopic (exact) mass is 438 g/mol. The number of aromatic nitrogens is 1. The highest BCUT2D eigenvalue weighted by atomic mass is 16.5. The molecule has 0 spiro atoms. The van der Waals surface area contributed by atoms with Crippen molar-refractivity contribution in [2.45, 2.75) is 19.8 Å². The molecule has 1 aliphatic rings. The second-order valence-corrected chi connectivity index (χ2v) is 7.98. The molecule has 0 bridgehead atoms. The second-order valence-electron chi connectivity index (χ2n) is 7.98. The first-order chi connectivity index (χ1) is 16.0. The molecule has 2 atom stereocenters. The molecule has 33 heavy (non-hydrogen) atoms. The van der Waals surface area contributed by atoms with E-state index in [0.29, 0.717) is 18.1 Å². The van der Waals surface area contributed by atoms with Crippen LogP contribution in [0.25, 0.3) is 11.6 Å². The largest absolute Gasteiger partial charge is 0.490 e. The number of aliphatic carboxylic acids is 1. The predicted octanol–water partition coefficient (Wildman–Crippen LogP) is 5.86. The number of rotatable bonds is 7. The first-order valence-corrected chi connectivity index (χ1v) is 10.9. The average molecular weight is 439 g/mol. The molecular weight excluding hydrogens is 412 g/mol. The van der Waals surface area contributed by atoms with E-state index in [9.17, 15) is 9.90 Å². The van der Waals surface area contributed by atoms with Crippen molar-refractivity contribution in [2.75, 3.05) is 6.61 Å². The van der Waals surface area contributed by atoms with Crippen molar-refractivity contribution in [3.05, 3.63) is 108 Å². The maximum Gasteiger partial charge on any atom is 0.313 e. The topological polar surface area (TPSA) is 71.8 Å². The highest BCUT2D eigenvalue weighted by Crippen LogP contribution is 2.44. The second kappa shape index (κ2) is 10.1. The van der Waals surface area contributed by atoms with Crippen molar-refractivity contribution in [2.24, 2.45) is 10.9 Å². The van der Waals surface area contributed by atoms with Crippen molar-refractivity contribution in [3.8, 4) is 5.75 Å². The van der Waals surface area contributed by atoms with E-state index in [4.69, 9.17) is 4.74 Å². The van der Waals surface area contributed by atoms with E-state index < -0.39 is 17.8 Å². The van der Waals surface area contributed by atoms with Crippen LogP contribution in [0.15, 0.2) is 95.9 Å². The number of carboxylic acid groups (broad SMARTS) is 1. The van der Waals surface area contributed by atoms with Crippen molar-refractivity contribution in [1.29, 1.82) is 0 Å². The first kappa shape index (κ1) is 22.2. The van der Waals surface area contributed by atoms with Gasteiger partial charge in [-0.05, 0) is 60.4 Å². The van der Waals surface area contributed by atoms with Crippen LogP contribution in [-0.2, 0) is 4.79 Å². The van der Waals surface area contributed by atoms with Gasteiger partial charge in [-0.25, -0.2) is 0 Å². The van der Waals surface area contributed by atoms with Gasteiger partial charge >= 0.3 is 5.97 Å². The lowest BCUT2D eigenvalue weighted by Gasteiger charge is -2.32. The minimum absolute atomic E-state index is 0.396. The molecule has 0 amide bonds. The van der Waals surface area contributed by atoms with E-state index in [-0.39, 0.29) is 0 Å². The minimum atomic E-state index is -0.896. The zero-order valence-corrected chi connectivity index (χ0v) is 18.7. The fourth-order valence-electron chi connectivity index (χ4n) is 4.31. The molecule has 0 fully saturated rings. The molecule has 1 N–H and O–H groups in total. The Hall–Kier alpha value is -3.99. The molecule has 0 saturated carbocycles. The third kappa shape index (κ3) is 5.09. The van der Waals surface area contributed by atoms with Crippen LogP contribution < -0.4 is 4.74 Å².